The summed E-state index contributed by atoms with van der Waals surface area (Å²) in [6.07, 6.45) is 6.75. The van der Waals surface area contributed by atoms with Crippen molar-refractivity contribution in [1.29, 1.82) is 0 Å². The van der Waals surface area contributed by atoms with Gasteiger partial charge in [-0.25, -0.2) is 0 Å². The lowest BCUT2D eigenvalue weighted by Gasteiger charge is -2.29. The van der Waals surface area contributed by atoms with Gasteiger partial charge in [0.15, 0.2) is 0 Å². The molecule has 9 aromatic carbocycles. The first-order valence-corrected chi connectivity index (χ1v) is 23.2. The van der Waals surface area contributed by atoms with E-state index in [9.17, 15) is 0 Å². The molecule has 66 heavy (non-hydrogen) atoms. The van der Waals surface area contributed by atoms with E-state index in [4.69, 9.17) is 0 Å². The number of anilines is 3. The summed E-state index contributed by atoms with van der Waals surface area (Å²) in [5.74, 6) is 0. The fourth-order valence-corrected chi connectivity index (χ4v) is 11.4. The molecule has 0 spiro atoms. The molecular weight excluding hydrogens is 799 g/mol. The second-order valence-electron chi connectivity index (χ2n) is 18.4. The molecule has 0 N–H and O–H groups in total. The molecule has 0 bridgehead atoms. The van der Waals surface area contributed by atoms with Crippen LogP contribution in [0, 0.1) is 0 Å². The lowest BCUT2D eigenvalue weighted by Crippen LogP contribution is -2.16. The Bertz CT molecular complexity index is 3680. The molecule has 0 saturated carbocycles. The van der Waals surface area contributed by atoms with E-state index in [1.54, 1.807) is 0 Å². The van der Waals surface area contributed by atoms with Crippen LogP contribution in [0.5, 0.6) is 0 Å². The second kappa shape index (κ2) is 15.0. The third-order valence-corrected chi connectivity index (χ3v) is 14.4. The van der Waals surface area contributed by atoms with Gasteiger partial charge in [-0.1, -0.05) is 172 Å². The summed E-state index contributed by atoms with van der Waals surface area (Å²) in [6.45, 7) is 4.72. The number of aryl methyl sites for hydroxylation is 1. The van der Waals surface area contributed by atoms with Crippen LogP contribution in [0.2, 0.25) is 0 Å². The number of hydrogen-bond donors (Lipinski definition) is 0. The fourth-order valence-electron chi connectivity index (χ4n) is 11.4. The molecule has 0 fully saturated rings. The van der Waals surface area contributed by atoms with Gasteiger partial charge in [0.2, 0.25) is 0 Å². The van der Waals surface area contributed by atoms with Gasteiger partial charge < -0.3 is 14.0 Å². The summed E-state index contributed by atoms with van der Waals surface area (Å²) >= 11 is 0. The van der Waals surface area contributed by atoms with E-state index in [-0.39, 0.29) is 5.41 Å². The first kappa shape index (κ1) is 38.3. The number of aromatic nitrogens is 2. The van der Waals surface area contributed by atoms with Gasteiger partial charge in [-0.05, 0) is 124 Å². The molecule has 314 valence electrons. The minimum absolute atomic E-state index is 0.115. The van der Waals surface area contributed by atoms with Crippen LogP contribution in [0.25, 0.3) is 83.5 Å². The van der Waals surface area contributed by atoms with Gasteiger partial charge in [0.1, 0.15) is 0 Å². The minimum atomic E-state index is -0.115. The van der Waals surface area contributed by atoms with E-state index in [2.05, 4.69) is 252 Å². The Labute approximate surface area is 385 Å². The van der Waals surface area contributed by atoms with E-state index in [1.165, 1.54) is 99.8 Å². The summed E-state index contributed by atoms with van der Waals surface area (Å²) in [7, 11) is 0. The van der Waals surface area contributed by atoms with Crippen molar-refractivity contribution in [2.24, 2.45) is 0 Å². The number of para-hydroxylation sites is 2. The van der Waals surface area contributed by atoms with Gasteiger partial charge in [-0.15, -0.1) is 0 Å². The third-order valence-electron chi connectivity index (χ3n) is 14.4. The van der Waals surface area contributed by atoms with Crippen LogP contribution in [-0.2, 0) is 11.8 Å². The van der Waals surface area contributed by atoms with Crippen LogP contribution in [0.15, 0.2) is 218 Å². The fraction of sp³-hybridized carbons (Fsp3) is 0.0794. The Kier molecular flexibility index (Phi) is 8.69. The largest absolute Gasteiger partial charge is 0.310 e. The summed E-state index contributed by atoms with van der Waals surface area (Å²) < 4.78 is 5.02. The Morgan fingerprint density at radius 3 is 1.74 bits per heavy atom. The lowest BCUT2D eigenvalue weighted by molar-refractivity contribution is 0.660. The summed E-state index contributed by atoms with van der Waals surface area (Å²) in [5.41, 5.74) is 22.2. The molecule has 2 aliphatic rings. The Balaban J connectivity index is 1.02. The molecule has 2 aliphatic carbocycles. The third kappa shape index (κ3) is 5.76. The van der Waals surface area contributed by atoms with Crippen molar-refractivity contribution >= 4 is 55.8 Å². The molecule has 0 radical (unpaired) electrons. The zero-order valence-electron chi connectivity index (χ0n) is 37.1. The highest BCUT2D eigenvalue weighted by Gasteiger charge is 2.38. The molecule has 2 heterocycles. The van der Waals surface area contributed by atoms with Crippen molar-refractivity contribution in [1.82, 2.24) is 9.13 Å². The maximum absolute atomic E-state index is 2.51. The van der Waals surface area contributed by atoms with Gasteiger partial charge in [-0.3, -0.25) is 0 Å². The molecule has 0 atom stereocenters. The van der Waals surface area contributed by atoms with E-state index in [1.807, 2.05) is 0 Å². The van der Waals surface area contributed by atoms with Gasteiger partial charge >= 0.3 is 0 Å². The van der Waals surface area contributed by atoms with Crippen molar-refractivity contribution in [3.8, 4) is 44.8 Å². The van der Waals surface area contributed by atoms with Crippen molar-refractivity contribution in [3.63, 3.8) is 0 Å². The molecule has 0 amide bonds. The predicted molar refractivity (Wildman–Crippen MR) is 278 cm³/mol. The van der Waals surface area contributed by atoms with E-state index < -0.39 is 0 Å². The number of benzene rings is 9. The predicted octanol–water partition coefficient (Wildman–Crippen LogP) is 16.8. The Morgan fingerprint density at radius 2 is 1.02 bits per heavy atom. The first-order chi connectivity index (χ1) is 32.5. The van der Waals surface area contributed by atoms with Gasteiger partial charge in [0, 0.05) is 55.6 Å². The van der Waals surface area contributed by atoms with Crippen LogP contribution in [0.4, 0.5) is 17.1 Å². The number of nitrogens with zero attached hydrogens (tertiary/aromatic N) is 3. The average molecular weight is 846 g/mol. The standard InChI is InChI=1S/C63H47N3/c1-63(2)54-27-14-12-25-52(54)60-55(63)28-17-31-58(60)64(47-36-32-43(33-37-47)42-18-6-3-7-19-42)48-38-34-44(35-39-48)49-26-16-30-57-59(49)53-41-40-51-50-24-13-15-29-56(50)65(45-20-8-4-9-21-45)61(51)62(53)66(57)46-22-10-5-11-23-46/h3-12,14-23,25-41H,13,24H2,1-2H3. The molecule has 3 heteroatoms. The molecular formula is C63H47N3. The maximum Gasteiger partial charge on any atom is 0.0789 e. The Hall–Kier alpha value is -8.14. The number of rotatable bonds is 7. The second-order valence-corrected chi connectivity index (χ2v) is 18.4. The van der Waals surface area contributed by atoms with Crippen molar-refractivity contribution in [2.75, 3.05) is 4.90 Å². The molecule has 2 aromatic heterocycles. The van der Waals surface area contributed by atoms with Crippen LogP contribution in [0.1, 0.15) is 42.7 Å². The van der Waals surface area contributed by atoms with Crippen LogP contribution >= 0.6 is 0 Å². The molecule has 11 aromatic rings. The minimum Gasteiger partial charge on any atom is -0.310 e. The first-order valence-electron chi connectivity index (χ1n) is 23.2. The highest BCUT2D eigenvalue weighted by atomic mass is 15.1. The number of allylic oxidation sites excluding steroid dienone is 1. The van der Waals surface area contributed by atoms with Crippen molar-refractivity contribution in [3.05, 3.63) is 241 Å². The van der Waals surface area contributed by atoms with Crippen molar-refractivity contribution < 1.29 is 0 Å². The number of fused-ring (bicyclic) bond motifs is 10. The van der Waals surface area contributed by atoms with Gasteiger partial charge in [0.05, 0.1) is 22.2 Å². The molecule has 0 saturated heterocycles. The lowest BCUT2D eigenvalue weighted by atomic mass is 9.82. The highest BCUT2D eigenvalue weighted by molar-refractivity contribution is 6.23. The molecule has 0 unspecified atom stereocenters. The van der Waals surface area contributed by atoms with Gasteiger partial charge in [0.25, 0.3) is 0 Å². The summed E-state index contributed by atoms with van der Waals surface area (Å²) in [6, 6.07) is 78.3. The van der Waals surface area contributed by atoms with Crippen LogP contribution in [-0.4, -0.2) is 9.13 Å². The number of hydrogen-bond acceptors (Lipinski definition) is 1. The SMILES string of the molecule is CC1(C)c2ccccc2-c2c(N(c3ccc(-c4ccccc4)cc3)c3ccc(-c4cccc5c4c4ccc6c7c(n(-c8ccccc8)c6c4n5-c4ccccc4)C=CCC7)cc3)cccc21. The average Bonchev–Trinajstić information content (AvgIpc) is 3.99. The van der Waals surface area contributed by atoms with E-state index in [0.29, 0.717) is 0 Å². The molecule has 13 rings (SSSR count). The van der Waals surface area contributed by atoms with Crippen LogP contribution < -0.4 is 4.90 Å². The highest BCUT2D eigenvalue weighted by Crippen LogP contribution is 2.54. The zero-order chi connectivity index (χ0) is 43.9. The maximum atomic E-state index is 2.51. The summed E-state index contributed by atoms with van der Waals surface area (Å²) in [5, 5.41) is 3.83. The van der Waals surface area contributed by atoms with Crippen molar-refractivity contribution in [2.45, 2.75) is 32.1 Å². The molecule has 0 aliphatic heterocycles. The van der Waals surface area contributed by atoms with Gasteiger partial charge in [-0.2, -0.15) is 0 Å². The quantitative estimate of drug-likeness (QED) is 0.156. The van der Waals surface area contributed by atoms with E-state index >= 15 is 0 Å². The topological polar surface area (TPSA) is 13.1 Å². The monoisotopic (exact) mass is 845 g/mol. The smallest absolute Gasteiger partial charge is 0.0789 e. The van der Waals surface area contributed by atoms with Crippen LogP contribution in [0.3, 0.4) is 0 Å². The normalized spacial score (nSPS) is 13.5. The summed E-state index contributed by atoms with van der Waals surface area (Å²) in [4.78, 5) is 2.46. The Morgan fingerprint density at radius 1 is 0.455 bits per heavy atom. The zero-order valence-corrected chi connectivity index (χ0v) is 37.1. The molecule has 3 nitrogen and oxygen atoms in total. The van der Waals surface area contributed by atoms with E-state index in [0.717, 1.165) is 29.9 Å².